The van der Waals surface area contributed by atoms with Crippen LogP contribution >= 0.6 is 0 Å². The lowest BCUT2D eigenvalue weighted by atomic mass is 9.87. The molecule has 0 radical (unpaired) electrons. The number of hydrogen-bond acceptors (Lipinski definition) is 2. The molecule has 0 aromatic rings. The molecule has 1 saturated carbocycles. The van der Waals surface area contributed by atoms with Crippen molar-refractivity contribution in [2.45, 2.75) is 71.3 Å². The molecule has 2 rings (SSSR count). The normalized spacial score (nSPS) is 27.1. The molecule has 0 spiro atoms. The Bertz CT molecular complexity index is 315. The van der Waals surface area contributed by atoms with Crippen LogP contribution in [-0.2, 0) is 0 Å². The molecule has 2 N–H and O–H groups in total. The van der Waals surface area contributed by atoms with E-state index in [1.807, 2.05) is 0 Å². The minimum atomic E-state index is 0.624. The average Bonchev–Trinajstić information content (AvgIpc) is 3.02. The topological polar surface area (TPSA) is 39.7 Å². The monoisotopic (exact) mass is 308 g/mol. The predicted octanol–water partition coefficient (Wildman–Crippen LogP) is 3.00. The number of guanidine groups is 1. The zero-order chi connectivity index (χ0) is 15.6. The van der Waals surface area contributed by atoms with Gasteiger partial charge in [-0.25, -0.2) is 0 Å². The van der Waals surface area contributed by atoms with Crippen LogP contribution in [0, 0.1) is 5.92 Å². The fraction of sp³-hybridized carbons (Fsp3) is 0.944. The molecule has 2 aliphatic rings. The molecule has 1 saturated heterocycles. The van der Waals surface area contributed by atoms with Crippen LogP contribution in [0.3, 0.4) is 0 Å². The second-order valence-electron chi connectivity index (χ2n) is 7.12. The summed E-state index contributed by atoms with van der Waals surface area (Å²) in [4.78, 5) is 7.36. The quantitative estimate of drug-likeness (QED) is 0.431. The number of rotatable bonds is 7. The fourth-order valence-electron chi connectivity index (χ4n) is 3.56. The molecule has 128 valence electrons. The van der Waals surface area contributed by atoms with Gasteiger partial charge in [0.2, 0.25) is 0 Å². The van der Waals surface area contributed by atoms with Crippen LogP contribution in [0.5, 0.6) is 0 Å². The molecule has 4 heteroatoms. The first-order valence-corrected chi connectivity index (χ1v) is 9.55. The van der Waals surface area contributed by atoms with Gasteiger partial charge in [0.15, 0.2) is 5.96 Å². The van der Waals surface area contributed by atoms with Crippen LogP contribution in [0.25, 0.3) is 0 Å². The summed E-state index contributed by atoms with van der Waals surface area (Å²) in [5.74, 6) is 1.94. The lowest BCUT2D eigenvalue weighted by Crippen LogP contribution is -2.44. The zero-order valence-electron chi connectivity index (χ0n) is 14.7. The Labute approximate surface area is 137 Å². The largest absolute Gasteiger partial charge is 0.357 e. The molecular formula is C18H36N4. The first-order valence-electron chi connectivity index (χ1n) is 9.55. The maximum absolute atomic E-state index is 4.77. The molecule has 0 amide bonds. The molecule has 0 atom stereocenters. The third-order valence-electron chi connectivity index (χ3n) is 5.05. The van der Waals surface area contributed by atoms with Gasteiger partial charge in [-0.2, -0.15) is 0 Å². The number of nitrogens with zero attached hydrogens (tertiary/aromatic N) is 2. The molecule has 0 unspecified atom stereocenters. The number of likely N-dealkylation sites (tertiary alicyclic amines) is 1. The van der Waals surface area contributed by atoms with E-state index in [9.17, 15) is 0 Å². The lowest BCUT2D eigenvalue weighted by molar-refractivity contribution is 0.328. The van der Waals surface area contributed by atoms with Crippen LogP contribution in [0.4, 0.5) is 0 Å². The first kappa shape index (κ1) is 17.6. The van der Waals surface area contributed by atoms with Gasteiger partial charge in [-0.1, -0.05) is 6.92 Å². The van der Waals surface area contributed by atoms with Gasteiger partial charge in [-0.15, -0.1) is 0 Å². The maximum atomic E-state index is 4.77. The lowest BCUT2D eigenvalue weighted by Gasteiger charge is -2.28. The molecule has 1 aliphatic carbocycles. The van der Waals surface area contributed by atoms with Crippen LogP contribution in [0.15, 0.2) is 4.99 Å². The molecule has 2 fully saturated rings. The van der Waals surface area contributed by atoms with Crippen molar-refractivity contribution in [1.29, 1.82) is 0 Å². The Morgan fingerprint density at radius 2 is 1.82 bits per heavy atom. The summed E-state index contributed by atoms with van der Waals surface area (Å²) in [6.07, 6.45) is 10.6. The summed E-state index contributed by atoms with van der Waals surface area (Å²) >= 11 is 0. The summed E-state index contributed by atoms with van der Waals surface area (Å²) in [5.41, 5.74) is 0. The average molecular weight is 309 g/mol. The number of aliphatic imine (C=N–C) groups is 1. The van der Waals surface area contributed by atoms with Crippen molar-refractivity contribution in [3.63, 3.8) is 0 Å². The van der Waals surface area contributed by atoms with Gasteiger partial charge in [-0.3, -0.25) is 4.99 Å². The van der Waals surface area contributed by atoms with Crippen molar-refractivity contribution in [1.82, 2.24) is 15.5 Å². The standard InChI is InChI=1S/C18H36N4/c1-3-19-18(21-17-10-8-16(2)9-11-17)20-12-4-5-13-22-14-6-7-15-22/h16-17H,3-15H2,1-2H3,(H2,19,20,21). The summed E-state index contributed by atoms with van der Waals surface area (Å²) in [6, 6.07) is 0.624. The summed E-state index contributed by atoms with van der Waals surface area (Å²) in [5, 5.41) is 7.04. The van der Waals surface area contributed by atoms with E-state index in [2.05, 4.69) is 29.4 Å². The van der Waals surface area contributed by atoms with Gasteiger partial charge >= 0.3 is 0 Å². The highest BCUT2D eigenvalue weighted by Crippen LogP contribution is 2.23. The maximum Gasteiger partial charge on any atom is 0.191 e. The van der Waals surface area contributed by atoms with E-state index in [1.54, 1.807) is 0 Å². The predicted molar refractivity (Wildman–Crippen MR) is 95.4 cm³/mol. The van der Waals surface area contributed by atoms with Gasteiger partial charge in [0.1, 0.15) is 0 Å². The van der Waals surface area contributed by atoms with E-state index in [0.717, 1.165) is 25.0 Å². The van der Waals surface area contributed by atoms with E-state index in [1.165, 1.54) is 71.0 Å². The third-order valence-corrected chi connectivity index (χ3v) is 5.05. The first-order chi connectivity index (χ1) is 10.8. The van der Waals surface area contributed by atoms with Crippen LogP contribution in [0.1, 0.15) is 65.2 Å². The summed E-state index contributed by atoms with van der Waals surface area (Å²) < 4.78 is 0. The van der Waals surface area contributed by atoms with Crippen molar-refractivity contribution in [2.75, 3.05) is 32.7 Å². The molecule has 22 heavy (non-hydrogen) atoms. The Balaban J connectivity index is 1.63. The van der Waals surface area contributed by atoms with Crippen LogP contribution < -0.4 is 10.6 Å². The molecule has 1 heterocycles. The fourth-order valence-corrected chi connectivity index (χ4v) is 3.56. The summed E-state index contributed by atoms with van der Waals surface area (Å²) in [6.45, 7) is 10.3. The minimum Gasteiger partial charge on any atom is -0.357 e. The Hall–Kier alpha value is -0.770. The van der Waals surface area contributed by atoms with E-state index in [4.69, 9.17) is 4.99 Å². The smallest absolute Gasteiger partial charge is 0.191 e. The highest BCUT2D eigenvalue weighted by Gasteiger charge is 2.18. The van der Waals surface area contributed by atoms with Crippen LogP contribution in [-0.4, -0.2) is 49.6 Å². The second kappa shape index (κ2) is 10.1. The number of unbranched alkanes of at least 4 members (excludes halogenated alkanes) is 1. The number of hydrogen-bond donors (Lipinski definition) is 2. The Kier molecular flexibility index (Phi) is 8.06. The van der Waals surface area contributed by atoms with Crippen molar-refractivity contribution >= 4 is 5.96 Å². The molecule has 0 aromatic heterocycles. The molecule has 1 aliphatic heterocycles. The van der Waals surface area contributed by atoms with Crippen molar-refractivity contribution < 1.29 is 0 Å². The van der Waals surface area contributed by atoms with Gasteiger partial charge in [0, 0.05) is 19.1 Å². The van der Waals surface area contributed by atoms with Crippen molar-refractivity contribution in [2.24, 2.45) is 10.9 Å². The van der Waals surface area contributed by atoms with Gasteiger partial charge in [0.25, 0.3) is 0 Å². The third kappa shape index (κ3) is 6.55. The van der Waals surface area contributed by atoms with Crippen LogP contribution in [0.2, 0.25) is 0 Å². The Morgan fingerprint density at radius 1 is 1.09 bits per heavy atom. The molecular weight excluding hydrogens is 272 g/mol. The molecule has 4 nitrogen and oxygen atoms in total. The number of nitrogens with one attached hydrogen (secondary N) is 2. The minimum absolute atomic E-state index is 0.624. The van der Waals surface area contributed by atoms with Crippen molar-refractivity contribution in [3.05, 3.63) is 0 Å². The molecule has 0 bridgehead atoms. The van der Waals surface area contributed by atoms with Crippen molar-refractivity contribution in [3.8, 4) is 0 Å². The highest BCUT2D eigenvalue weighted by atomic mass is 15.2. The molecule has 0 aromatic carbocycles. The van der Waals surface area contributed by atoms with E-state index >= 15 is 0 Å². The van der Waals surface area contributed by atoms with Gasteiger partial charge in [-0.05, 0) is 83.8 Å². The highest BCUT2D eigenvalue weighted by molar-refractivity contribution is 5.80. The second-order valence-corrected chi connectivity index (χ2v) is 7.12. The Morgan fingerprint density at radius 3 is 2.50 bits per heavy atom. The van der Waals surface area contributed by atoms with E-state index in [-0.39, 0.29) is 0 Å². The van der Waals surface area contributed by atoms with Gasteiger partial charge in [0.05, 0.1) is 0 Å². The summed E-state index contributed by atoms with van der Waals surface area (Å²) in [7, 11) is 0. The van der Waals surface area contributed by atoms with E-state index < -0.39 is 0 Å². The van der Waals surface area contributed by atoms with Gasteiger partial charge < -0.3 is 15.5 Å². The SMILES string of the molecule is CCNC(=NCCCCN1CCCC1)NC1CCC(C)CC1. The van der Waals surface area contributed by atoms with E-state index in [0.29, 0.717) is 6.04 Å². The zero-order valence-corrected chi connectivity index (χ0v) is 14.7.